The average molecular weight is 165 g/mol. The predicted molar refractivity (Wildman–Crippen MR) is 48.4 cm³/mol. The first-order valence-electron chi connectivity index (χ1n) is 4.46. The van der Waals surface area contributed by atoms with Gasteiger partial charge in [-0.1, -0.05) is 19.3 Å². The maximum absolute atomic E-state index is 11.4. The molecule has 0 radical (unpaired) electrons. The highest BCUT2D eigenvalue weighted by molar-refractivity contribution is 5.99. The van der Waals surface area contributed by atoms with Gasteiger partial charge < -0.3 is 5.73 Å². The molecule has 0 unspecified atom stereocenters. The third-order valence-corrected chi connectivity index (χ3v) is 2.81. The van der Waals surface area contributed by atoms with E-state index < -0.39 is 0 Å². The van der Waals surface area contributed by atoms with E-state index in [9.17, 15) is 4.79 Å². The van der Waals surface area contributed by atoms with Gasteiger partial charge >= 0.3 is 0 Å². The van der Waals surface area contributed by atoms with Crippen LogP contribution in [-0.4, -0.2) is 12.3 Å². The maximum atomic E-state index is 11.4. The SMILES string of the molecule is C#CC(=O)C1(CN)CCCCC1. The van der Waals surface area contributed by atoms with Crippen LogP contribution in [0.1, 0.15) is 32.1 Å². The Bertz CT molecular complexity index is 208. The first kappa shape index (κ1) is 9.28. The van der Waals surface area contributed by atoms with Gasteiger partial charge in [0.1, 0.15) is 0 Å². The lowest BCUT2D eigenvalue weighted by Gasteiger charge is -2.32. The zero-order valence-electron chi connectivity index (χ0n) is 7.31. The van der Waals surface area contributed by atoms with E-state index in [1.807, 2.05) is 0 Å². The van der Waals surface area contributed by atoms with Crippen molar-refractivity contribution in [2.75, 3.05) is 6.54 Å². The fourth-order valence-electron chi connectivity index (χ4n) is 1.91. The Kier molecular flexibility index (Phi) is 2.88. The molecule has 2 N–H and O–H groups in total. The van der Waals surface area contributed by atoms with E-state index in [1.165, 1.54) is 6.42 Å². The second-order valence-corrected chi connectivity index (χ2v) is 3.52. The van der Waals surface area contributed by atoms with E-state index in [1.54, 1.807) is 0 Å². The van der Waals surface area contributed by atoms with Crippen molar-refractivity contribution in [2.24, 2.45) is 11.1 Å². The lowest BCUT2D eigenvalue weighted by molar-refractivity contribution is -0.124. The van der Waals surface area contributed by atoms with Crippen molar-refractivity contribution in [3.05, 3.63) is 0 Å². The molecule has 0 aliphatic heterocycles. The minimum Gasteiger partial charge on any atom is -0.329 e. The molecule has 1 aliphatic carbocycles. The van der Waals surface area contributed by atoms with Crippen LogP contribution in [0.5, 0.6) is 0 Å². The summed E-state index contributed by atoms with van der Waals surface area (Å²) in [6.07, 6.45) is 10.3. The van der Waals surface area contributed by atoms with E-state index >= 15 is 0 Å². The van der Waals surface area contributed by atoms with Crippen molar-refractivity contribution in [2.45, 2.75) is 32.1 Å². The lowest BCUT2D eigenvalue weighted by Crippen LogP contribution is -2.39. The number of hydrogen-bond donors (Lipinski definition) is 1. The first-order chi connectivity index (χ1) is 5.75. The van der Waals surface area contributed by atoms with Gasteiger partial charge in [0.2, 0.25) is 5.78 Å². The first-order valence-corrected chi connectivity index (χ1v) is 4.46. The van der Waals surface area contributed by atoms with Gasteiger partial charge in [0.05, 0.1) is 5.41 Å². The molecule has 2 nitrogen and oxygen atoms in total. The van der Waals surface area contributed by atoms with Crippen molar-refractivity contribution >= 4 is 5.78 Å². The van der Waals surface area contributed by atoms with Crippen molar-refractivity contribution in [3.63, 3.8) is 0 Å². The van der Waals surface area contributed by atoms with Gasteiger partial charge in [-0.2, -0.15) is 0 Å². The third-order valence-electron chi connectivity index (χ3n) is 2.81. The van der Waals surface area contributed by atoms with Crippen LogP contribution in [0.15, 0.2) is 0 Å². The molecule has 1 aliphatic rings. The molecule has 0 spiro atoms. The molecule has 0 atom stereocenters. The second kappa shape index (κ2) is 3.73. The molecular weight excluding hydrogens is 150 g/mol. The Morgan fingerprint density at radius 2 is 2.00 bits per heavy atom. The van der Waals surface area contributed by atoms with Gasteiger partial charge in [-0.15, -0.1) is 6.42 Å². The molecule has 0 bridgehead atoms. The van der Waals surface area contributed by atoms with Crippen LogP contribution >= 0.6 is 0 Å². The fraction of sp³-hybridized carbons (Fsp3) is 0.700. The summed E-state index contributed by atoms with van der Waals surface area (Å²) in [5.74, 6) is 2.11. The van der Waals surface area contributed by atoms with E-state index in [0.717, 1.165) is 25.7 Å². The van der Waals surface area contributed by atoms with Gasteiger partial charge in [0.25, 0.3) is 0 Å². The number of nitrogens with two attached hydrogens (primary N) is 1. The predicted octanol–water partition coefficient (Wildman–Crippen LogP) is 1.10. The Morgan fingerprint density at radius 3 is 2.42 bits per heavy atom. The molecule has 0 heterocycles. The smallest absolute Gasteiger partial charge is 0.212 e. The topological polar surface area (TPSA) is 43.1 Å². The number of rotatable bonds is 2. The Labute approximate surface area is 73.5 Å². The van der Waals surface area contributed by atoms with Crippen molar-refractivity contribution < 1.29 is 4.79 Å². The van der Waals surface area contributed by atoms with Crippen molar-refractivity contribution in [1.29, 1.82) is 0 Å². The number of Topliss-reactive ketones (excluding diaryl/α,β-unsaturated/α-hetero) is 1. The molecule has 12 heavy (non-hydrogen) atoms. The molecule has 66 valence electrons. The van der Waals surface area contributed by atoms with Crippen LogP contribution in [0, 0.1) is 17.8 Å². The molecule has 0 amide bonds. The largest absolute Gasteiger partial charge is 0.329 e. The molecule has 1 rings (SSSR count). The lowest BCUT2D eigenvalue weighted by atomic mass is 9.71. The zero-order chi connectivity index (χ0) is 9.03. The van der Waals surface area contributed by atoms with E-state index in [0.29, 0.717) is 6.54 Å². The maximum Gasteiger partial charge on any atom is 0.212 e. The Morgan fingerprint density at radius 1 is 1.42 bits per heavy atom. The number of hydrogen-bond acceptors (Lipinski definition) is 2. The summed E-state index contributed by atoms with van der Waals surface area (Å²) < 4.78 is 0. The van der Waals surface area contributed by atoms with Gasteiger partial charge in [-0.05, 0) is 18.8 Å². The highest BCUT2D eigenvalue weighted by atomic mass is 16.1. The van der Waals surface area contributed by atoms with Gasteiger partial charge in [-0.3, -0.25) is 4.79 Å². The van der Waals surface area contributed by atoms with Crippen LogP contribution in [0.4, 0.5) is 0 Å². The Balaban J connectivity index is 2.74. The highest BCUT2D eigenvalue weighted by Crippen LogP contribution is 2.35. The van der Waals surface area contributed by atoms with E-state index in [2.05, 4.69) is 5.92 Å². The normalized spacial score (nSPS) is 21.3. The summed E-state index contributed by atoms with van der Waals surface area (Å²) in [5.41, 5.74) is 5.23. The van der Waals surface area contributed by atoms with Crippen LogP contribution < -0.4 is 5.73 Å². The summed E-state index contributed by atoms with van der Waals surface area (Å²) in [4.78, 5) is 11.4. The molecule has 0 aromatic heterocycles. The second-order valence-electron chi connectivity index (χ2n) is 3.52. The van der Waals surface area contributed by atoms with E-state index in [-0.39, 0.29) is 11.2 Å². The van der Waals surface area contributed by atoms with Crippen LogP contribution in [0.3, 0.4) is 0 Å². The summed E-state index contributed by atoms with van der Waals surface area (Å²) in [6.45, 7) is 0.413. The third kappa shape index (κ3) is 1.51. The van der Waals surface area contributed by atoms with Gasteiger partial charge in [0, 0.05) is 6.54 Å². The summed E-state index contributed by atoms with van der Waals surface area (Å²) in [6, 6.07) is 0. The number of ketones is 1. The van der Waals surface area contributed by atoms with E-state index in [4.69, 9.17) is 12.2 Å². The highest BCUT2D eigenvalue weighted by Gasteiger charge is 2.36. The minimum absolute atomic E-state index is 0.0929. The van der Waals surface area contributed by atoms with Gasteiger partial charge in [-0.25, -0.2) is 0 Å². The van der Waals surface area contributed by atoms with Crippen molar-refractivity contribution in [3.8, 4) is 12.3 Å². The quantitative estimate of drug-likeness (QED) is 0.492. The summed E-state index contributed by atoms with van der Waals surface area (Å²) in [7, 11) is 0. The molecule has 2 heteroatoms. The molecule has 0 aromatic carbocycles. The molecule has 1 saturated carbocycles. The number of carbonyl (C=O) groups is 1. The van der Waals surface area contributed by atoms with Crippen molar-refractivity contribution in [1.82, 2.24) is 0 Å². The van der Waals surface area contributed by atoms with Crippen LogP contribution in [-0.2, 0) is 4.79 Å². The van der Waals surface area contributed by atoms with Crippen LogP contribution in [0.25, 0.3) is 0 Å². The average Bonchev–Trinajstić information content (AvgIpc) is 2.17. The molecule has 0 aromatic rings. The number of terminal acetylenes is 1. The monoisotopic (exact) mass is 165 g/mol. The van der Waals surface area contributed by atoms with Gasteiger partial charge in [0.15, 0.2) is 0 Å². The summed E-state index contributed by atoms with van der Waals surface area (Å²) >= 11 is 0. The standard InChI is InChI=1S/C10H15NO/c1-2-9(12)10(8-11)6-4-3-5-7-10/h1H,3-8,11H2. The number of carbonyl (C=O) groups excluding carboxylic acids is 1. The molecular formula is C10H15NO. The Hall–Kier alpha value is -0.810. The molecule has 0 saturated heterocycles. The summed E-state index contributed by atoms with van der Waals surface area (Å²) in [5, 5.41) is 0. The zero-order valence-corrected chi connectivity index (χ0v) is 7.31. The minimum atomic E-state index is -0.368. The van der Waals surface area contributed by atoms with Crippen LogP contribution in [0.2, 0.25) is 0 Å². The fourth-order valence-corrected chi connectivity index (χ4v) is 1.91. The molecule has 1 fully saturated rings.